The standard InChI is InChI=1S/C14H17N3O2/c1-10(2)8-17(9-14(18)19)13-7-15-16-12-6-4-3-5-11(12)13/h3-7,10H,8-9H2,1-2H3,(H,18,19). The van der Waals surface area contributed by atoms with Crippen LogP contribution in [0.2, 0.25) is 0 Å². The fourth-order valence-electron chi connectivity index (χ4n) is 2.10. The Kier molecular flexibility index (Phi) is 3.94. The van der Waals surface area contributed by atoms with E-state index in [0.29, 0.717) is 12.5 Å². The van der Waals surface area contributed by atoms with Gasteiger partial charge in [-0.25, -0.2) is 0 Å². The lowest BCUT2D eigenvalue weighted by molar-refractivity contribution is -0.135. The van der Waals surface area contributed by atoms with Gasteiger partial charge in [-0.2, -0.15) is 10.2 Å². The molecule has 1 aromatic heterocycles. The Bertz CT molecular complexity index is 578. The molecule has 0 aliphatic carbocycles. The third kappa shape index (κ3) is 3.19. The Labute approximate surface area is 111 Å². The van der Waals surface area contributed by atoms with Crippen LogP contribution in [-0.2, 0) is 4.79 Å². The molecule has 100 valence electrons. The van der Waals surface area contributed by atoms with Crippen LogP contribution < -0.4 is 4.90 Å². The molecular formula is C14H17N3O2. The van der Waals surface area contributed by atoms with Crippen molar-refractivity contribution in [1.29, 1.82) is 0 Å². The Hall–Kier alpha value is -2.17. The lowest BCUT2D eigenvalue weighted by Gasteiger charge is -2.25. The zero-order valence-corrected chi connectivity index (χ0v) is 11.1. The number of aromatic nitrogens is 2. The van der Waals surface area contributed by atoms with Gasteiger partial charge in [0.25, 0.3) is 0 Å². The smallest absolute Gasteiger partial charge is 0.323 e. The van der Waals surface area contributed by atoms with E-state index in [9.17, 15) is 4.79 Å². The molecule has 0 unspecified atom stereocenters. The molecule has 5 heteroatoms. The van der Waals surface area contributed by atoms with Crippen molar-refractivity contribution in [3.8, 4) is 0 Å². The minimum absolute atomic E-state index is 0.0339. The van der Waals surface area contributed by atoms with E-state index in [0.717, 1.165) is 16.6 Å². The van der Waals surface area contributed by atoms with Crippen molar-refractivity contribution in [2.24, 2.45) is 5.92 Å². The Morgan fingerprint density at radius 2 is 2.11 bits per heavy atom. The van der Waals surface area contributed by atoms with Crippen molar-refractivity contribution in [3.63, 3.8) is 0 Å². The van der Waals surface area contributed by atoms with E-state index in [-0.39, 0.29) is 6.54 Å². The monoisotopic (exact) mass is 259 g/mol. The molecule has 19 heavy (non-hydrogen) atoms. The number of carbonyl (C=O) groups is 1. The van der Waals surface area contributed by atoms with Crippen molar-refractivity contribution in [1.82, 2.24) is 10.2 Å². The molecule has 0 radical (unpaired) electrons. The SMILES string of the molecule is CC(C)CN(CC(=O)O)c1cnnc2ccccc12. The largest absolute Gasteiger partial charge is 0.480 e. The predicted molar refractivity (Wildman–Crippen MR) is 74.2 cm³/mol. The van der Waals surface area contributed by atoms with Crippen molar-refractivity contribution in [2.45, 2.75) is 13.8 Å². The minimum atomic E-state index is -0.846. The number of benzene rings is 1. The average Bonchev–Trinajstić information content (AvgIpc) is 2.36. The topological polar surface area (TPSA) is 66.3 Å². The number of fused-ring (bicyclic) bond motifs is 1. The number of carboxylic acids is 1. The number of anilines is 1. The molecule has 0 atom stereocenters. The first kappa shape index (κ1) is 13.3. The van der Waals surface area contributed by atoms with Gasteiger partial charge in [-0.15, -0.1) is 0 Å². The summed E-state index contributed by atoms with van der Waals surface area (Å²) in [6, 6.07) is 7.63. The predicted octanol–water partition coefficient (Wildman–Crippen LogP) is 2.18. The van der Waals surface area contributed by atoms with E-state index >= 15 is 0 Å². The molecule has 0 spiro atoms. The molecule has 1 heterocycles. The fraction of sp³-hybridized carbons (Fsp3) is 0.357. The Morgan fingerprint density at radius 1 is 1.37 bits per heavy atom. The molecule has 0 saturated heterocycles. The summed E-state index contributed by atoms with van der Waals surface area (Å²) in [5.41, 5.74) is 1.60. The number of hydrogen-bond acceptors (Lipinski definition) is 4. The summed E-state index contributed by atoms with van der Waals surface area (Å²) in [6.07, 6.45) is 1.63. The first-order valence-corrected chi connectivity index (χ1v) is 6.25. The second-order valence-corrected chi connectivity index (χ2v) is 4.92. The summed E-state index contributed by atoms with van der Waals surface area (Å²) < 4.78 is 0. The van der Waals surface area contributed by atoms with E-state index in [1.165, 1.54) is 0 Å². The van der Waals surface area contributed by atoms with Crippen LogP contribution in [0.25, 0.3) is 10.9 Å². The van der Waals surface area contributed by atoms with Gasteiger partial charge in [0.15, 0.2) is 0 Å². The van der Waals surface area contributed by atoms with Gasteiger partial charge in [0.1, 0.15) is 6.54 Å². The third-order valence-electron chi connectivity index (χ3n) is 2.78. The highest BCUT2D eigenvalue weighted by Crippen LogP contribution is 2.24. The maximum Gasteiger partial charge on any atom is 0.323 e. The highest BCUT2D eigenvalue weighted by atomic mass is 16.4. The van der Waals surface area contributed by atoms with Crippen molar-refractivity contribution >= 4 is 22.6 Å². The van der Waals surface area contributed by atoms with E-state index in [1.54, 1.807) is 6.20 Å². The molecule has 2 rings (SSSR count). The van der Waals surface area contributed by atoms with Crippen LogP contribution in [0, 0.1) is 5.92 Å². The van der Waals surface area contributed by atoms with Gasteiger partial charge in [-0.05, 0) is 12.0 Å². The van der Waals surface area contributed by atoms with Gasteiger partial charge in [-0.3, -0.25) is 4.79 Å². The van der Waals surface area contributed by atoms with Gasteiger partial charge in [0.05, 0.1) is 17.4 Å². The molecule has 0 amide bonds. The zero-order valence-electron chi connectivity index (χ0n) is 11.1. The van der Waals surface area contributed by atoms with E-state index in [4.69, 9.17) is 5.11 Å². The molecule has 1 aromatic carbocycles. The number of aliphatic carboxylic acids is 1. The molecule has 5 nitrogen and oxygen atoms in total. The van der Waals surface area contributed by atoms with Crippen LogP contribution in [0.3, 0.4) is 0 Å². The second kappa shape index (κ2) is 5.65. The second-order valence-electron chi connectivity index (χ2n) is 4.92. The van der Waals surface area contributed by atoms with Crippen LogP contribution in [0.1, 0.15) is 13.8 Å². The summed E-state index contributed by atoms with van der Waals surface area (Å²) in [7, 11) is 0. The Morgan fingerprint density at radius 3 is 2.79 bits per heavy atom. The zero-order chi connectivity index (χ0) is 13.8. The van der Waals surface area contributed by atoms with Crippen molar-refractivity contribution in [2.75, 3.05) is 18.0 Å². The van der Waals surface area contributed by atoms with E-state index < -0.39 is 5.97 Å². The molecule has 0 fully saturated rings. The molecule has 0 bridgehead atoms. The highest BCUT2D eigenvalue weighted by Gasteiger charge is 2.15. The number of hydrogen-bond donors (Lipinski definition) is 1. The quantitative estimate of drug-likeness (QED) is 0.891. The summed E-state index contributed by atoms with van der Waals surface area (Å²) in [5.74, 6) is -0.479. The summed E-state index contributed by atoms with van der Waals surface area (Å²) in [4.78, 5) is 12.9. The van der Waals surface area contributed by atoms with Crippen LogP contribution in [0.5, 0.6) is 0 Å². The maximum absolute atomic E-state index is 11.0. The third-order valence-corrected chi connectivity index (χ3v) is 2.78. The number of rotatable bonds is 5. The first-order valence-electron chi connectivity index (χ1n) is 6.25. The fourth-order valence-corrected chi connectivity index (χ4v) is 2.10. The molecular weight excluding hydrogens is 242 g/mol. The highest BCUT2D eigenvalue weighted by molar-refractivity contribution is 5.92. The molecule has 2 aromatic rings. The van der Waals surface area contributed by atoms with Crippen molar-refractivity contribution < 1.29 is 9.90 Å². The van der Waals surface area contributed by atoms with Crippen LogP contribution in [-0.4, -0.2) is 34.4 Å². The van der Waals surface area contributed by atoms with Crippen LogP contribution >= 0.6 is 0 Å². The van der Waals surface area contributed by atoms with Gasteiger partial charge in [0.2, 0.25) is 0 Å². The summed E-state index contributed by atoms with van der Waals surface area (Å²) in [6.45, 7) is 4.76. The lowest BCUT2D eigenvalue weighted by atomic mass is 10.1. The molecule has 0 aliphatic heterocycles. The van der Waals surface area contributed by atoms with E-state index in [1.807, 2.05) is 29.2 Å². The minimum Gasteiger partial charge on any atom is -0.480 e. The van der Waals surface area contributed by atoms with Gasteiger partial charge >= 0.3 is 5.97 Å². The molecule has 0 aliphatic rings. The molecule has 0 saturated carbocycles. The summed E-state index contributed by atoms with van der Waals surface area (Å²) in [5, 5.41) is 18.0. The lowest BCUT2D eigenvalue weighted by Crippen LogP contribution is -2.33. The van der Waals surface area contributed by atoms with Gasteiger partial charge < -0.3 is 10.0 Å². The maximum atomic E-state index is 11.0. The number of nitrogens with zero attached hydrogens (tertiary/aromatic N) is 3. The normalized spacial score (nSPS) is 10.9. The van der Waals surface area contributed by atoms with Crippen LogP contribution in [0.4, 0.5) is 5.69 Å². The number of carboxylic acid groups (broad SMARTS) is 1. The van der Waals surface area contributed by atoms with Gasteiger partial charge in [0, 0.05) is 11.9 Å². The average molecular weight is 259 g/mol. The van der Waals surface area contributed by atoms with Crippen LogP contribution in [0.15, 0.2) is 30.5 Å². The van der Waals surface area contributed by atoms with Gasteiger partial charge in [-0.1, -0.05) is 32.0 Å². The Balaban J connectivity index is 2.45. The molecule has 1 N–H and O–H groups in total. The summed E-state index contributed by atoms with van der Waals surface area (Å²) >= 11 is 0. The first-order chi connectivity index (χ1) is 9.08. The van der Waals surface area contributed by atoms with E-state index in [2.05, 4.69) is 24.0 Å². The van der Waals surface area contributed by atoms with Crippen molar-refractivity contribution in [3.05, 3.63) is 30.5 Å².